The lowest BCUT2D eigenvalue weighted by Gasteiger charge is -2.16. The molecule has 7 heteroatoms. The summed E-state index contributed by atoms with van der Waals surface area (Å²) in [5.41, 5.74) is 0.289. The van der Waals surface area contributed by atoms with Gasteiger partial charge in [-0.3, -0.25) is 0 Å². The van der Waals surface area contributed by atoms with Crippen molar-refractivity contribution in [3.8, 4) is 10.6 Å². The number of carboxylic acid groups (broad SMARTS) is 1. The predicted octanol–water partition coefficient (Wildman–Crippen LogP) is 4.85. The molecular weight excluding hydrogens is 364 g/mol. The third-order valence-corrected chi connectivity index (χ3v) is 4.65. The molecule has 0 saturated heterocycles. The number of hydrogen-bond donors (Lipinski definition) is 1. The van der Waals surface area contributed by atoms with Gasteiger partial charge in [0.2, 0.25) is 0 Å². The lowest BCUT2D eigenvalue weighted by atomic mass is 9.91. The van der Waals surface area contributed by atoms with Gasteiger partial charge in [-0.15, -0.1) is 11.3 Å². The van der Waals surface area contributed by atoms with Crippen molar-refractivity contribution in [2.24, 2.45) is 0 Å². The van der Waals surface area contributed by atoms with Crippen LogP contribution in [0.3, 0.4) is 0 Å². The van der Waals surface area contributed by atoms with Gasteiger partial charge >= 0.3 is 5.97 Å². The van der Waals surface area contributed by atoms with E-state index in [0.29, 0.717) is 16.3 Å². The minimum Gasteiger partial charge on any atom is -0.477 e. The van der Waals surface area contributed by atoms with E-state index in [2.05, 4.69) is 20.9 Å². The fraction of sp³-hybridized carbons (Fsp3) is 0.286. The Labute approximate surface area is 132 Å². The maximum Gasteiger partial charge on any atom is 0.347 e. The van der Waals surface area contributed by atoms with E-state index in [0.717, 1.165) is 17.4 Å². The summed E-state index contributed by atoms with van der Waals surface area (Å²) in [5.74, 6) is -3.07. The van der Waals surface area contributed by atoms with E-state index in [-0.39, 0.29) is 9.35 Å². The third-order valence-electron chi connectivity index (χ3n) is 2.80. The molecule has 2 aromatic rings. The lowest BCUT2D eigenvalue weighted by Crippen LogP contribution is -2.16. The summed E-state index contributed by atoms with van der Waals surface area (Å²) in [6, 6.07) is 2.37. The number of thiazole rings is 1. The molecule has 0 fully saturated rings. The van der Waals surface area contributed by atoms with Crippen molar-refractivity contribution in [3.05, 3.63) is 38.8 Å². The minimum absolute atomic E-state index is 0.0614. The topological polar surface area (TPSA) is 50.2 Å². The summed E-state index contributed by atoms with van der Waals surface area (Å²) in [7, 11) is 0. The van der Waals surface area contributed by atoms with Crippen LogP contribution in [0.4, 0.5) is 8.78 Å². The van der Waals surface area contributed by atoms with Gasteiger partial charge in [0.05, 0.1) is 10.2 Å². The Kier molecular flexibility index (Phi) is 4.17. The second-order valence-corrected chi connectivity index (χ2v) is 7.27. The van der Waals surface area contributed by atoms with E-state index >= 15 is 0 Å². The van der Waals surface area contributed by atoms with Crippen molar-refractivity contribution in [2.45, 2.75) is 26.2 Å². The number of nitrogens with zero attached hydrogens (tertiary/aromatic N) is 1. The van der Waals surface area contributed by atoms with Gasteiger partial charge in [0.15, 0.2) is 11.6 Å². The summed E-state index contributed by atoms with van der Waals surface area (Å²) >= 11 is 3.94. The van der Waals surface area contributed by atoms with Crippen molar-refractivity contribution in [3.63, 3.8) is 0 Å². The molecule has 1 heterocycles. The smallest absolute Gasteiger partial charge is 0.347 e. The summed E-state index contributed by atoms with van der Waals surface area (Å²) in [6.07, 6.45) is 0. The standard InChI is InChI=1S/C14H12BrF2NO2S/c1-14(2,3)11-10(13(19)20)21-12(18-11)6-4-5-7(16)9(17)8(6)15/h4-5H,1-3H3,(H,19,20). The van der Waals surface area contributed by atoms with Crippen LogP contribution < -0.4 is 0 Å². The molecule has 0 bridgehead atoms. The molecule has 2 rings (SSSR count). The first kappa shape index (κ1) is 16.0. The average Bonchev–Trinajstić information content (AvgIpc) is 2.81. The molecule has 21 heavy (non-hydrogen) atoms. The van der Waals surface area contributed by atoms with Gasteiger partial charge < -0.3 is 5.11 Å². The highest BCUT2D eigenvalue weighted by atomic mass is 79.9. The van der Waals surface area contributed by atoms with Crippen LogP contribution in [-0.4, -0.2) is 16.1 Å². The summed E-state index contributed by atoms with van der Waals surface area (Å²) in [4.78, 5) is 15.8. The maximum atomic E-state index is 13.6. The number of aromatic nitrogens is 1. The molecule has 0 aliphatic rings. The number of carbonyl (C=O) groups is 1. The van der Waals surface area contributed by atoms with Crippen LogP contribution in [0.1, 0.15) is 36.1 Å². The zero-order valence-electron chi connectivity index (χ0n) is 11.5. The van der Waals surface area contributed by atoms with Gasteiger partial charge in [0, 0.05) is 11.0 Å². The van der Waals surface area contributed by atoms with E-state index in [1.165, 1.54) is 6.07 Å². The van der Waals surface area contributed by atoms with Gasteiger partial charge in [0.1, 0.15) is 9.88 Å². The van der Waals surface area contributed by atoms with E-state index in [4.69, 9.17) is 0 Å². The number of benzene rings is 1. The predicted molar refractivity (Wildman–Crippen MR) is 80.8 cm³/mol. The highest BCUT2D eigenvalue weighted by molar-refractivity contribution is 9.10. The van der Waals surface area contributed by atoms with Crippen molar-refractivity contribution in [1.82, 2.24) is 4.98 Å². The van der Waals surface area contributed by atoms with Crippen LogP contribution in [0.25, 0.3) is 10.6 Å². The Bertz CT molecular complexity index is 722. The van der Waals surface area contributed by atoms with Crippen molar-refractivity contribution in [1.29, 1.82) is 0 Å². The first-order valence-corrected chi connectivity index (χ1v) is 7.62. The zero-order chi connectivity index (χ0) is 15.9. The Morgan fingerprint density at radius 2 is 1.95 bits per heavy atom. The van der Waals surface area contributed by atoms with Gasteiger partial charge in [-0.25, -0.2) is 18.6 Å². The highest BCUT2D eigenvalue weighted by Crippen LogP contribution is 2.38. The number of carboxylic acids is 1. The summed E-state index contributed by atoms with van der Waals surface area (Å²) in [6.45, 7) is 5.54. The highest BCUT2D eigenvalue weighted by Gasteiger charge is 2.28. The van der Waals surface area contributed by atoms with Gasteiger partial charge in [-0.2, -0.15) is 0 Å². The Balaban J connectivity index is 2.67. The quantitative estimate of drug-likeness (QED) is 0.763. The third kappa shape index (κ3) is 2.98. The number of aromatic carboxylic acids is 1. The normalized spacial score (nSPS) is 11.7. The lowest BCUT2D eigenvalue weighted by molar-refractivity contribution is 0.0699. The zero-order valence-corrected chi connectivity index (χ0v) is 13.9. The Hall–Kier alpha value is -1.34. The summed E-state index contributed by atoms with van der Waals surface area (Å²) in [5, 5.41) is 9.62. The van der Waals surface area contributed by atoms with Crippen LogP contribution in [0, 0.1) is 11.6 Å². The average molecular weight is 376 g/mol. The van der Waals surface area contributed by atoms with Crippen LogP contribution in [0.2, 0.25) is 0 Å². The molecule has 0 atom stereocenters. The molecule has 0 radical (unpaired) electrons. The van der Waals surface area contributed by atoms with Crippen LogP contribution >= 0.6 is 27.3 Å². The molecule has 0 saturated carbocycles. The Morgan fingerprint density at radius 1 is 1.33 bits per heavy atom. The Morgan fingerprint density at radius 3 is 2.43 bits per heavy atom. The fourth-order valence-electron chi connectivity index (χ4n) is 1.78. The molecule has 1 aromatic heterocycles. The minimum atomic E-state index is -1.08. The van der Waals surface area contributed by atoms with Crippen molar-refractivity contribution < 1.29 is 18.7 Å². The van der Waals surface area contributed by atoms with E-state index in [1.54, 1.807) is 0 Å². The molecule has 1 aromatic carbocycles. The summed E-state index contributed by atoms with van der Waals surface area (Å²) < 4.78 is 26.7. The SMILES string of the molecule is CC(C)(C)c1nc(-c2ccc(F)c(F)c2Br)sc1C(=O)O. The van der Waals surface area contributed by atoms with Gasteiger partial charge in [-0.05, 0) is 28.1 Å². The number of hydrogen-bond acceptors (Lipinski definition) is 3. The largest absolute Gasteiger partial charge is 0.477 e. The molecule has 3 nitrogen and oxygen atoms in total. The van der Waals surface area contributed by atoms with Crippen molar-refractivity contribution >= 4 is 33.2 Å². The van der Waals surface area contributed by atoms with Gasteiger partial charge in [0.25, 0.3) is 0 Å². The number of halogens is 3. The molecule has 112 valence electrons. The molecule has 0 unspecified atom stereocenters. The van der Waals surface area contributed by atoms with Crippen LogP contribution in [-0.2, 0) is 5.41 Å². The molecule has 1 N–H and O–H groups in total. The fourth-order valence-corrected chi connectivity index (χ4v) is 3.57. The first-order valence-electron chi connectivity index (χ1n) is 6.01. The molecule has 0 aliphatic heterocycles. The van der Waals surface area contributed by atoms with E-state index in [1.807, 2.05) is 20.8 Å². The van der Waals surface area contributed by atoms with Crippen LogP contribution in [0.5, 0.6) is 0 Å². The second kappa shape index (κ2) is 5.46. The number of rotatable bonds is 2. The first-order chi connectivity index (χ1) is 9.62. The molecule has 0 amide bonds. The van der Waals surface area contributed by atoms with Crippen molar-refractivity contribution in [2.75, 3.05) is 0 Å². The molecular formula is C14H12BrF2NO2S. The monoisotopic (exact) mass is 375 g/mol. The molecule has 0 spiro atoms. The van der Waals surface area contributed by atoms with Gasteiger partial charge in [-0.1, -0.05) is 20.8 Å². The molecule has 0 aliphatic carbocycles. The van der Waals surface area contributed by atoms with Crippen LogP contribution in [0.15, 0.2) is 16.6 Å². The second-order valence-electron chi connectivity index (χ2n) is 5.47. The maximum absolute atomic E-state index is 13.6. The van der Waals surface area contributed by atoms with E-state index < -0.39 is 23.0 Å². The van der Waals surface area contributed by atoms with E-state index in [9.17, 15) is 18.7 Å².